The van der Waals surface area contributed by atoms with E-state index in [-0.39, 0.29) is 24.0 Å². The zero-order valence-corrected chi connectivity index (χ0v) is 17.7. The highest BCUT2D eigenvalue weighted by atomic mass is 127. The summed E-state index contributed by atoms with van der Waals surface area (Å²) in [5, 5.41) is 6.99. The van der Waals surface area contributed by atoms with E-state index in [2.05, 4.69) is 35.6 Å². The van der Waals surface area contributed by atoms with Crippen LogP contribution in [-0.2, 0) is 0 Å². The summed E-state index contributed by atoms with van der Waals surface area (Å²) in [7, 11) is 0. The van der Waals surface area contributed by atoms with Gasteiger partial charge >= 0.3 is 0 Å². The molecule has 0 aromatic carbocycles. The van der Waals surface area contributed by atoms with Gasteiger partial charge in [0, 0.05) is 32.2 Å². The molecule has 6 heteroatoms. The second-order valence-electron chi connectivity index (χ2n) is 5.72. The van der Waals surface area contributed by atoms with Crippen LogP contribution in [0.5, 0.6) is 0 Å². The highest BCUT2D eigenvalue weighted by Crippen LogP contribution is 2.10. The van der Waals surface area contributed by atoms with Gasteiger partial charge in [-0.3, -0.25) is 4.99 Å². The summed E-state index contributed by atoms with van der Waals surface area (Å²) in [5.74, 6) is 2.26. The third kappa shape index (κ3) is 10.2. The van der Waals surface area contributed by atoms with Crippen LogP contribution in [0.25, 0.3) is 0 Å². The van der Waals surface area contributed by atoms with Crippen molar-refractivity contribution in [1.82, 2.24) is 15.5 Å². The van der Waals surface area contributed by atoms with Crippen molar-refractivity contribution < 1.29 is 0 Å². The van der Waals surface area contributed by atoms with Gasteiger partial charge in [0.2, 0.25) is 0 Å². The van der Waals surface area contributed by atoms with E-state index in [9.17, 15) is 0 Å². The van der Waals surface area contributed by atoms with E-state index in [4.69, 9.17) is 4.99 Å². The van der Waals surface area contributed by atoms with Gasteiger partial charge in [0.1, 0.15) is 0 Å². The first-order chi connectivity index (χ1) is 10.3. The molecule has 0 atom stereocenters. The van der Waals surface area contributed by atoms with Crippen molar-refractivity contribution in [2.24, 2.45) is 4.99 Å². The quantitative estimate of drug-likeness (QED) is 0.249. The molecule has 2 N–H and O–H groups in total. The summed E-state index contributed by atoms with van der Waals surface area (Å²) in [6.45, 7) is 9.95. The molecule has 1 fully saturated rings. The Balaban J connectivity index is 0.00000441. The van der Waals surface area contributed by atoms with E-state index in [1.807, 2.05) is 11.8 Å². The summed E-state index contributed by atoms with van der Waals surface area (Å²) in [5.41, 5.74) is 0. The van der Waals surface area contributed by atoms with Crippen LogP contribution < -0.4 is 10.6 Å². The molecule has 4 nitrogen and oxygen atoms in total. The van der Waals surface area contributed by atoms with Gasteiger partial charge in [-0.15, -0.1) is 24.0 Å². The van der Waals surface area contributed by atoms with E-state index >= 15 is 0 Å². The van der Waals surface area contributed by atoms with Crippen molar-refractivity contribution in [3.63, 3.8) is 0 Å². The van der Waals surface area contributed by atoms with Gasteiger partial charge in [-0.2, -0.15) is 11.8 Å². The molecule has 0 aliphatic carbocycles. The Bertz CT molecular complexity index is 281. The average molecular weight is 442 g/mol. The molecule has 0 spiro atoms. The second-order valence-corrected chi connectivity index (χ2v) is 6.71. The van der Waals surface area contributed by atoms with Crippen LogP contribution in [0.15, 0.2) is 4.99 Å². The van der Waals surface area contributed by atoms with Gasteiger partial charge in [-0.1, -0.05) is 6.92 Å². The number of guanidine groups is 1. The highest BCUT2D eigenvalue weighted by Gasteiger charge is 2.19. The molecule has 1 saturated heterocycles. The predicted molar refractivity (Wildman–Crippen MR) is 112 cm³/mol. The molecular formula is C16H35IN4S. The Kier molecular flexibility index (Phi) is 15.1. The lowest BCUT2D eigenvalue weighted by atomic mass is 10.1. The lowest BCUT2D eigenvalue weighted by Crippen LogP contribution is -2.48. The SMILES string of the molecule is CCCN1CCC(NC(=NCCCCSC)NCC)CC1.I. The molecule has 0 bridgehead atoms. The number of nitrogens with one attached hydrogen (secondary N) is 2. The first kappa shape index (κ1) is 22.3. The molecule has 1 rings (SSSR count). The van der Waals surface area contributed by atoms with Crippen LogP contribution in [-0.4, -0.2) is 61.6 Å². The van der Waals surface area contributed by atoms with Gasteiger partial charge in [-0.05, 0) is 57.6 Å². The van der Waals surface area contributed by atoms with Crippen LogP contribution in [0.4, 0.5) is 0 Å². The van der Waals surface area contributed by atoms with E-state index in [0.29, 0.717) is 6.04 Å². The molecule has 0 amide bonds. The number of rotatable bonds is 9. The van der Waals surface area contributed by atoms with E-state index in [1.54, 1.807) is 0 Å². The maximum atomic E-state index is 4.71. The van der Waals surface area contributed by atoms with Crippen LogP contribution in [0.1, 0.15) is 46.0 Å². The summed E-state index contributed by atoms with van der Waals surface area (Å²) in [6.07, 6.45) is 8.34. The third-order valence-electron chi connectivity index (χ3n) is 3.84. The van der Waals surface area contributed by atoms with Crippen LogP contribution in [0.3, 0.4) is 0 Å². The standard InChI is InChI=1S/C16H34N4S.HI/c1-4-11-20-12-8-15(9-13-20)19-16(17-5-2)18-10-6-7-14-21-3;/h15H,4-14H2,1-3H3,(H2,17,18,19);1H. The monoisotopic (exact) mass is 442 g/mol. The maximum Gasteiger partial charge on any atom is 0.191 e. The summed E-state index contributed by atoms with van der Waals surface area (Å²) in [6, 6.07) is 0.585. The first-order valence-corrected chi connectivity index (χ1v) is 9.95. The topological polar surface area (TPSA) is 39.7 Å². The number of piperidine rings is 1. The zero-order chi connectivity index (χ0) is 15.3. The Morgan fingerprint density at radius 3 is 2.55 bits per heavy atom. The molecule has 0 aromatic heterocycles. The average Bonchev–Trinajstić information content (AvgIpc) is 2.49. The fraction of sp³-hybridized carbons (Fsp3) is 0.938. The normalized spacial score (nSPS) is 17.1. The largest absolute Gasteiger partial charge is 0.357 e. The van der Waals surface area contributed by atoms with Crippen molar-refractivity contribution in [3.8, 4) is 0 Å². The summed E-state index contributed by atoms with van der Waals surface area (Å²) in [4.78, 5) is 7.28. The fourth-order valence-electron chi connectivity index (χ4n) is 2.68. The maximum absolute atomic E-state index is 4.71. The highest BCUT2D eigenvalue weighted by molar-refractivity contribution is 14.0. The number of aliphatic imine (C=N–C) groups is 1. The minimum atomic E-state index is 0. The van der Waals surface area contributed by atoms with Gasteiger partial charge < -0.3 is 15.5 Å². The van der Waals surface area contributed by atoms with Crippen molar-refractivity contribution in [1.29, 1.82) is 0 Å². The fourth-order valence-corrected chi connectivity index (χ4v) is 3.17. The molecule has 0 unspecified atom stereocenters. The number of nitrogens with zero attached hydrogens (tertiary/aromatic N) is 2. The summed E-state index contributed by atoms with van der Waals surface area (Å²) < 4.78 is 0. The molecule has 1 heterocycles. The van der Waals surface area contributed by atoms with Crippen LogP contribution >= 0.6 is 35.7 Å². The Labute approximate surface area is 158 Å². The van der Waals surface area contributed by atoms with Gasteiger partial charge in [0.25, 0.3) is 0 Å². The lowest BCUT2D eigenvalue weighted by molar-refractivity contribution is 0.206. The molecular weight excluding hydrogens is 407 g/mol. The minimum absolute atomic E-state index is 0. The van der Waals surface area contributed by atoms with Gasteiger partial charge in [0.05, 0.1) is 0 Å². The number of halogens is 1. The molecule has 22 heavy (non-hydrogen) atoms. The second kappa shape index (κ2) is 14.9. The van der Waals surface area contributed by atoms with Crippen LogP contribution in [0.2, 0.25) is 0 Å². The Morgan fingerprint density at radius 2 is 1.95 bits per heavy atom. The number of likely N-dealkylation sites (tertiary alicyclic amines) is 1. The third-order valence-corrected chi connectivity index (χ3v) is 4.54. The number of hydrogen-bond acceptors (Lipinski definition) is 3. The van der Waals surface area contributed by atoms with Crippen molar-refractivity contribution in [2.75, 3.05) is 44.7 Å². The van der Waals surface area contributed by atoms with Crippen molar-refractivity contribution >= 4 is 41.7 Å². The predicted octanol–water partition coefficient (Wildman–Crippen LogP) is 3.18. The van der Waals surface area contributed by atoms with E-state index in [0.717, 1.165) is 19.0 Å². The van der Waals surface area contributed by atoms with E-state index < -0.39 is 0 Å². The smallest absolute Gasteiger partial charge is 0.191 e. The Morgan fingerprint density at radius 1 is 1.23 bits per heavy atom. The molecule has 1 aliphatic heterocycles. The minimum Gasteiger partial charge on any atom is -0.357 e. The Hall–Kier alpha value is 0.310. The number of thioether (sulfide) groups is 1. The zero-order valence-electron chi connectivity index (χ0n) is 14.6. The van der Waals surface area contributed by atoms with Crippen molar-refractivity contribution in [2.45, 2.75) is 52.0 Å². The lowest BCUT2D eigenvalue weighted by Gasteiger charge is -2.32. The van der Waals surface area contributed by atoms with E-state index in [1.165, 1.54) is 57.5 Å². The van der Waals surface area contributed by atoms with Gasteiger partial charge in [-0.25, -0.2) is 0 Å². The molecule has 0 radical (unpaired) electrons. The molecule has 0 aromatic rings. The summed E-state index contributed by atoms with van der Waals surface area (Å²) >= 11 is 1.92. The molecule has 0 saturated carbocycles. The van der Waals surface area contributed by atoms with Crippen molar-refractivity contribution in [3.05, 3.63) is 0 Å². The molecule has 1 aliphatic rings. The first-order valence-electron chi connectivity index (χ1n) is 8.56. The molecule has 132 valence electrons. The number of hydrogen-bond donors (Lipinski definition) is 2. The number of unbranched alkanes of at least 4 members (excludes halogenated alkanes) is 1. The van der Waals surface area contributed by atoms with Crippen LogP contribution in [0, 0.1) is 0 Å². The van der Waals surface area contributed by atoms with Gasteiger partial charge in [0.15, 0.2) is 5.96 Å².